The van der Waals surface area contributed by atoms with Crippen LogP contribution in [0.25, 0.3) is 0 Å². The second-order valence-corrected chi connectivity index (χ2v) is 34.1. The van der Waals surface area contributed by atoms with E-state index < -0.39 is 97.5 Å². The van der Waals surface area contributed by atoms with Crippen molar-refractivity contribution in [1.82, 2.24) is 0 Å². The Hall–Kier alpha value is -1.94. The molecule has 2 unspecified atom stereocenters. The maximum Gasteiger partial charge on any atom is 0.472 e. The molecule has 19 heteroatoms. The average molecular weight is 1510 g/mol. The number of ether oxygens (including phenoxy) is 4. The first kappa shape index (κ1) is 101. The molecule has 0 aromatic carbocycles. The van der Waals surface area contributed by atoms with E-state index in [-0.39, 0.29) is 25.7 Å². The highest BCUT2D eigenvalue weighted by molar-refractivity contribution is 7.47. The largest absolute Gasteiger partial charge is 0.472 e. The summed E-state index contributed by atoms with van der Waals surface area (Å²) in [5.74, 6) is -0.569. The van der Waals surface area contributed by atoms with Gasteiger partial charge in [-0.1, -0.05) is 395 Å². The van der Waals surface area contributed by atoms with Gasteiger partial charge in [0.1, 0.15) is 19.3 Å². The summed E-state index contributed by atoms with van der Waals surface area (Å²) in [6, 6.07) is 0. The van der Waals surface area contributed by atoms with Crippen LogP contribution in [0.1, 0.15) is 446 Å². The third-order valence-corrected chi connectivity index (χ3v) is 21.6. The second-order valence-electron chi connectivity index (χ2n) is 31.2. The molecule has 0 bridgehead atoms. The van der Waals surface area contributed by atoms with Gasteiger partial charge < -0.3 is 33.8 Å². The highest BCUT2D eigenvalue weighted by atomic mass is 31.2. The zero-order valence-corrected chi connectivity index (χ0v) is 69.4. The number of phosphoric ester groups is 2. The molecule has 0 spiro atoms. The minimum absolute atomic E-state index is 0.105. The van der Waals surface area contributed by atoms with Gasteiger partial charge in [0.15, 0.2) is 12.2 Å². The number of phosphoric acid groups is 2. The minimum atomic E-state index is -4.96. The van der Waals surface area contributed by atoms with Gasteiger partial charge in [-0.15, -0.1) is 0 Å². The van der Waals surface area contributed by atoms with E-state index in [2.05, 4.69) is 41.5 Å². The first-order chi connectivity index (χ1) is 49.9. The van der Waals surface area contributed by atoms with Crippen LogP contribution >= 0.6 is 15.6 Å². The fourth-order valence-electron chi connectivity index (χ4n) is 13.1. The standard InChI is InChI=1S/C84H164O17P2/c1-7-9-11-13-15-17-18-19-20-21-22-23-24-25-30-33-36-39-43-50-56-62-68-83(88)100-79(73-95-82(87)67-61-55-49-42-38-35-32-29-27-26-28-31-34-37-41-46-52-58-64-76(3)4)74-98-102(90,91)96-70-78(85)71-97-103(92,93)99-75-80(72-94-81(86)66-60-54-48-40-16-14-12-10-8-2)101-84(89)69-63-57-51-45-44-47-53-59-65-77(5)6/h76-80,85H,7-75H2,1-6H3,(H,90,91)(H,92,93)/t78-,79-,80-/m1/s1. The van der Waals surface area contributed by atoms with Gasteiger partial charge >= 0.3 is 39.5 Å². The summed E-state index contributed by atoms with van der Waals surface area (Å²) in [5, 5.41) is 10.6. The molecule has 0 amide bonds. The van der Waals surface area contributed by atoms with Crippen LogP contribution in [-0.4, -0.2) is 96.7 Å². The maximum atomic E-state index is 13.1. The van der Waals surface area contributed by atoms with Crippen molar-refractivity contribution in [2.24, 2.45) is 11.8 Å². The van der Waals surface area contributed by atoms with Crippen molar-refractivity contribution in [1.29, 1.82) is 0 Å². The number of carbonyl (C=O) groups is 4. The van der Waals surface area contributed by atoms with Gasteiger partial charge in [0.05, 0.1) is 26.4 Å². The predicted octanol–water partition coefficient (Wildman–Crippen LogP) is 25.5. The van der Waals surface area contributed by atoms with Crippen LogP contribution in [0.2, 0.25) is 0 Å². The number of esters is 4. The number of aliphatic hydroxyl groups excluding tert-OH is 1. The average Bonchev–Trinajstić information content (AvgIpc) is 0.932. The lowest BCUT2D eigenvalue weighted by Gasteiger charge is -2.21. The summed E-state index contributed by atoms with van der Waals surface area (Å²) in [4.78, 5) is 73.0. The monoisotopic (exact) mass is 1510 g/mol. The second kappa shape index (κ2) is 75.5. The SMILES string of the molecule is CCCCCCCCCCCCCCCCCCCCCCCCC(=O)O[C@H](COC(=O)CCCCCCCCCCCCCCCCCCCCC(C)C)COP(=O)(O)OC[C@@H](O)COP(=O)(O)OC[C@@H](COC(=O)CCCCCCCCCCC)OC(=O)CCCCCCCCCCC(C)C. The summed E-state index contributed by atoms with van der Waals surface area (Å²) >= 11 is 0. The molecule has 0 aliphatic heterocycles. The van der Waals surface area contributed by atoms with Crippen LogP contribution in [0.3, 0.4) is 0 Å². The molecule has 0 aromatic heterocycles. The van der Waals surface area contributed by atoms with Gasteiger partial charge in [-0.3, -0.25) is 37.3 Å². The molecule has 0 aliphatic carbocycles. The molecule has 17 nitrogen and oxygen atoms in total. The first-order valence-corrected chi connectivity index (χ1v) is 46.5. The summed E-state index contributed by atoms with van der Waals surface area (Å²) in [5.41, 5.74) is 0. The molecular weight excluding hydrogens is 1340 g/mol. The van der Waals surface area contributed by atoms with Crippen molar-refractivity contribution in [3.05, 3.63) is 0 Å². The summed E-state index contributed by atoms with van der Waals surface area (Å²) in [6.45, 7) is 9.62. The minimum Gasteiger partial charge on any atom is -0.462 e. The Morgan fingerprint density at radius 3 is 0.660 bits per heavy atom. The highest BCUT2D eigenvalue weighted by Crippen LogP contribution is 2.45. The van der Waals surface area contributed by atoms with Crippen LogP contribution in [0.15, 0.2) is 0 Å². The highest BCUT2D eigenvalue weighted by Gasteiger charge is 2.30. The molecule has 0 saturated carbocycles. The Labute approximate surface area is 632 Å². The van der Waals surface area contributed by atoms with E-state index in [1.165, 1.54) is 263 Å². The zero-order valence-electron chi connectivity index (χ0n) is 67.6. The fraction of sp³-hybridized carbons (Fsp3) is 0.952. The lowest BCUT2D eigenvalue weighted by atomic mass is 10.0. The van der Waals surface area contributed by atoms with Crippen molar-refractivity contribution < 1.29 is 80.2 Å². The third kappa shape index (κ3) is 78.0. The molecule has 0 radical (unpaired) electrons. The molecule has 0 heterocycles. The van der Waals surface area contributed by atoms with Crippen molar-refractivity contribution in [2.75, 3.05) is 39.6 Å². The Morgan fingerprint density at radius 1 is 0.262 bits per heavy atom. The Bertz CT molecular complexity index is 1980. The Morgan fingerprint density at radius 2 is 0.447 bits per heavy atom. The molecule has 0 aliphatic rings. The van der Waals surface area contributed by atoms with E-state index in [1.54, 1.807) is 0 Å². The first-order valence-electron chi connectivity index (χ1n) is 43.5. The van der Waals surface area contributed by atoms with Gasteiger partial charge in [-0.05, 0) is 37.5 Å². The van der Waals surface area contributed by atoms with Crippen LogP contribution in [0.5, 0.6) is 0 Å². The maximum absolute atomic E-state index is 13.1. The normalized spacial score (nSPS) is 13.9. The molecule has 612 valence electrons. The fourth-order valence-corrected chi connectivity index (χ4v) is 14.6. The molecule has 103 heavy (non-hydrogen) atoms. The molecule has 5 atom stereocenters. The zero-order chi connectivity index (χ0) is 75.6. The van der Waals surface area contributed by atoms with Gasteiger partial charge in [0.2, 0.25) is 0 Å². The van der Waals surface area contributed by atoms with Crippen LogP contribution in [-0.2, 0) is 65.4 Å². The number of hydrogen-bond acceptors (Lipinski definition) is 15. The summed E-state index contributed by atoms with van der Waals surface area (Å²) < 4.78 is 68.7. The van der Waals surface area contributed by atoms with E-state index in [1.807, 2.05) is 0 Å². The van der Waals surface area contributed by atoms with Crippen LogP contribution < -0.4 is 0 Å². The van der Waals surface area contributed by atoms with Gasteiger partial charge in [-0.25, -0.2) is 9.13 Å². The Balaban J connectivity index is 5.16. The van der Waals surface area contributed by atoms with E-state index in [9.17, 15) is 43.2 Å². The number of carbonyl (C=O) groups excluding carboxylic acids is 4. The van der Waals surface area contributed by atoms with E-state index in [0.29, 0.717) is 25.7 Å². The number of aliphatic hydroxyl groups is 1. The summed E-state index contributed by atoms with van der Waals surface area (Å²) in [6.07, 6.45) is 67.0. The number of rotatable bonds is 83. The number of unbranched alkanes of at least 4 members (excludes halogenated alkanes) is 53. The van der Waals surface area contributed by atoms with Gasteiger partial charge in [0, 0.05) is 25.7 Å². The van der Waals surface area contributed by atoms with E-state index >= 15 is 0 Å². The quantitative estimate of drug-likeness (QED) is 0.0222. The Kier molecular flexibility index (Phi) is 74.1. The van der Waals surface area contributed by atoms with E-state index in [4.69, 9.17) is 37.0 Å². The van der Waals surface area contributed by atoms with Crippen LogP contribution in [0.4, 0.5) is 0 Å². The number of hydrogen-bond donors (Lipinski definition) is 3. The van der Waals surface area contributed by atoms with Crippen LogP contribution in [0, 0.1) is 11.8 Å². The predicted molar refractivity (Wildman–Crippen MR) is 423 cm³/mol. The topological polar surface area (TPSA) is 237 Å². The van der Waals surface area contributed by atoms with Crippen molar-refractivity contribution >= 4 is 39.5 Å². The molecule has 0 fully saturated rings. The molecule has 0 rings (SSSR count). The third-order valence-electron chi connectivity index (χ3n) is 19.7. The van der Waals surface area contributed by atoms with E-state index in [0.717, 1.165) is 102 Å². The van der Waals surface area contributed by atoms with Crippen molar-refractivity contribution in [3.8, 4) is 0 Å². The van der Waals surface area contributed by atoms with Gasteiger partial charge in [-0.2, -0.15) is 0 Å². The molecular formula is C84H164O17P2. The molecule has 0 aromatic rings. The van der Waals surface area contributed by atoms with Crippen molar-refractivity contribution in [3.63, 3.8) is 0 Å². The molecule has 3 N–H and O–H groups in total. The lowest BCUT2D eigenvalue weighted by Crippen LogP contribution is -2.30. The van der Waals surface area contributed by atoms with Gasteiger partial charge in [0.25, 0.3) is 0 Å². The summed E-state index contributed by atoms with van der Waals surface area (Å²) in [7, 11) is -9.92. The molecule has 0 saturated heterocycles. The lowest BCUT2D eigenvalue weighted by molar-refractivity contribution is -0.161. The van der Waals surface area contributed by atoms with Crippen molar-refractivity contribution in [2.45, 2.75) is 464 Å². The smallest absolute Gasteiger partial charge is 0.462 e.